The van der Waals surface area contributed by atoms with Crippen LogP contribution in [0.1, 0.15) is 10.4 Å². The first kappa shape index (κ1) is 14.4. The predicted molar refractivity (Wildman–Crippen MR) is 63.4 cm³/mol. The second kappa shape index (κ2) is 6.90. The van der Waals surface area contributed by atoms with Crippen LogP contribution in [0.2, 0.25) is 5.02 Å². The van der Waals surface area contributed by atoms with Crippen molar-refractivity contribution in [3.05, 3.63) is 38.9 Å². The summed E-state index contributed by atoms with van der Waals surface area (Å²) in [5, 5.41) is 10.7. The van der Waals surface area contributed by atoms with Crippen LogP contribution < -0.4 is 5.48 Å². The number of nitro groups is 1. The minimum atomic E-state index is -0.736. The summed E-state index contributed by atoms with van der Waals surface area (Å²) in [6, 6.07) is 4.07. The van der Waals surface area contributed by atoms with E-state index in [2.05, 4.69) is 5.48 Å². The molecule has 0 bridgehead atoms. The summed E-state index contributed by atoms with van der Waals surface area (Å²) in [6.07, 6.45) is 0. The average molecular weight is 275 g/mol. The zero-order chi connectivity index (χ0) is 13.5. The van der Waals surface area contributed by atoms with Gasteiger partial charge in [0.15, 0.2) is 0 Å². The molecule has 0 saturated carbocycles. The second-order valence-electron chi connectivity index (χ2n) is 3.17. The molecule has 0 aliphatic carbocycles. The first-order chi connectivity index (χ1) is 8.57. The first-order valence-electron chi connectivity index (χ1n) is 4.92. The number of nitrogens with one attached hydrogen (secondary N) is 1. The quantitative estimate of drug-likeness (QED) is 0.483. The van der Waals surface area contributed by atoms with Crippen molar-refractivity contribution >= 4 is 23.2 Å². The van der Waals surface area contributed by atoms with Crippen LogP contribution in [0.4, 0.5) is 5.69 Å². The molecule has 1 amide bonds. The highest BCUT2D eigenvalue weighted by Gasteiger charge is 2.23. The number of amides is 1. The summed E-state index contributed by atoms with van der Waals surface area (Å²) in [5.74, 6) is -0.736. The van der Waals surface area contributed by atoms with Gasteiger partial charge in [0.25, 0.3) is 5.91 Å². The zero-order valence-corrected chi connectivity index (χ0v) is 10.3. The van der Waals surface area contributed by atoms with Gasteiger partial charge in [0.2, 0.25) is 0 Å². The Morgan fingerprint density at radius 3 is 2.83 bits per heavy atom. The summed E-state index contributed by atoms with van der Waals surface area (Å²) >= 11 is 5.67. The van der Waals surface area contributed by atoms with Gasteiger partial charge in [-0.15, -0.1) is 0 Å². The number of hydrogen-bond donors (Lipinski definition) is 1. The lowest BCUT2D eigenvalue weighted by molar-refractivity contribution is -0.385. The molecule has 0 aliphatic rings. The van der Waals surface area contributed by atoms with Gasteiger partial charge >= 0.3 is 5.69 Å². The third-order valence-corrected chi connectivity index (χ3v) is 2.27. The number of hydroxylamine groups is 1. The van der Waals surface area contributed by atoms with Crippen LogP contribution in [0.25, 0.3) is 0 Å². The molecular weight excluding hydrogens is 264 g/mol. The van der Waals surface area contributed by atoms with E-state index in [0.29, 0.717) is 0 Å². The highest BCUT2D eigenvalue weighted by Crippen LogP contribution is 2.27. The maximum absolute atomic E-state index is 11.6. The fraction of sp³-hybridized carbons (Fsp3) is 0.300. The van der Waals surface area contributed by atoms with Crippen LogP contribution in [0.3, 0.4) is 0 Å². The van der Waals surface area contributed by atoms with Gasteiger partial charge in [0.05, 0.1) is 18.1 Å². The lowest BCUT2D eigenvalue weighted by atomic mass is 10.2. The van der Waals surface area contributed by atoms with Gasteiger partial charge < -0.3 is 4.74 Å². The number of nitro benzene ring substituents is 1. The Kier molecular flexibility index (Phi) is 5.50. The van der Waals surface area contributed by atoms with Crippen LogP contribution >= 0.6 is 11.6 Å². The van der Waals surface area contributed by atoms with Crippen molar-refractivity contribution in [2.45, 2.75) is 0 Å². The third kappa shape index (κ3) is 3.66. The van der Waals surface area contributed by atoms with Gasteiger partial charge in [-0.2, -0.15) is 0 Å². The van der Waals surface area contributed by atoms with E-state index in [-0.39, 0.29) is 23.8 Å². The predicted octanol–water partition coefficient (Wildman–Crippen LogP) is 1.56. The molecule has 0 heterocycles. The summed E-state index contributed by atoms with van der Waals surface area (Å²) in [6.45, 7) is 0.425. The van der Waals surface area contributed by atoms with Gasteiger partial charge in [-0.3, -0.25) is 19.7 Å². The maximum atomic E-state index is 11.6. The van der Waals surface area contributed by atoms with Gasteiger partial charge in [0, 0.05) is 7.11 Å². The number of benzene rings is 1. The molecule has 0 aliphatic heterocycles. The highest BCUT2D eigenvalue weighted by atomic mass is 35.5. The van der Waals surface area contributed by atoms with Crippen molar-refractivity contribution in [2.75, 3.05) is 20.3 Å². The van der Waals surface area contributed by atoms with Crippen LogP contribution in [-0.2, 0) is 9.57 Å². The monoisotopic (exact) mass is 274 g/mol. The Hall–Kier alpha value is -1.70. The van der Waals surface area contributed by atoms with E-state index < -0.39 is 16.5 Å². The highest BCUT2D eigenvalue weighted by molar-refractivity contribution is 6.33. The van der Waals surface area contributed by atoms with E-state index in [4.69, 9.17) is 21.2 Å². The van der Waals surface area contributed by atoms with Crippen molar-refractivity contribution in [3.8, 4) is 0 Å². The Labute approximate surface area is 108 Å². The van der Waals surface area contributed by atoms with E-state index in [1.165, 1.54) is 25.3 Å². The zero-order valence-electron chi connectivity index (χ0n) is 9.51. The van der Waals surface area contributed by atoms with E-state index in [1.807, 2.05) is 0 Å². The van der Waals surface area contributed by atoms with Crippen molar-refractivity contribution < 1.29 is 19.3 Å². The summed E-state index contributed by atoms with van der Waals surface area (Å²) in [7, 11) is 1.48. The topological polar surface area (TPSA) is 90.7 Å². The maximum Gasteiger partial charge on any atom is 0.300 e. The Bertz CT molecular complexity index is 452. The fourth-order valence-electron chi connectivity index (χ4n) is 1.18. The van der Waals surface area contributed by atoms with Crippen LogP contribution in [0, 0.1) is 10.1 Å². The number of halogens is 1. The summed E-state index contributed by atoms with van der Waals surface area (Å²) in [5.41, 5.74) is 1.46. The Morgan fingerprint density at radius 1 is 1.50 bits per heavy atom. The number of methoxy groups -OCH3 is 1. The van der Waals surface area contributed by atoms with Crippen LogP contribution in [-0.4, -0.2) is 31.2 Å². The molecule has 98 valence electrons. The van der Waals surface area contributed by atoms with Crippen molar-refractivity contribution in [2.24, 2.45) is 0 Å². The molecular formula is C10H11ClN2O5. The average Bonchev–Trinajstić information content (AvgIpc) is 2.33. The number of carbonyl (C=O) groups excluding carboxylic acids is 1. The number of carbonyl (C=O) groups is 1. The molecule has 0 atom stereocenters. The molecule has 0 fully saturated rings. The number of nitrogens with zero attached hydrogens (tertiary/aromatic N) is 1. The molecule has 1 aromatic carbocycles. The fourth-order valence-corrected chi connectivity index (χ4v) is 1.42. The molecule has 18 heavy (non-hydrogen) atoms. The van der Waals surface area contributed by atoms with Crippen molar-refractivity contribution in [1.29, 1.82) is 0 Å². The molecule has 0 aromatic heterocycles. The number of para-hydroxylation sites is 1. The molecule has 0 radical (unpaired) electrons. The molecule has 1 N–H and O–H groups in total. The second-order valence-corrected chi connectivity index (χ2v) is 3.57. The van der Waals surface area contributed by atoms with E-state index in [9.17, 15) is 14.9 Å². The lowest BCUT2D eigenvalue weighted by Gasteiger charge is -2.06. The van der Waals surface area contributed by atoms with Crippen LogP contribution in [0.5, 0.6) is 0 Å². The Morgan fingerprint density at radius 2 is 2.22 bits per heavy atom. The summed E-state index contributed by atoms with van der Waals surface area (Å²) < 4.78 is 4.70. The molecule has 1 aromatic rings. The van der Waals surface area contributed by atoms with Crippen LogP contribution in [0.15, 0.2) is 18.2 Å². The summed E-state index contributed by atoms with van der Waals surface area (Å²) in [4.78, 5) is 26.5. The van der Waals surface area contributed by atoms with E-state index in [0.717, 1.165) is 0 Å². The lowest BCUT2D eigenvalue weighted by Crippen LogP contribution is -2.26. The van der Waals surface area contributed by atoms with Gasteiger partial charge in [-0.1, -0.05) is 17.7 Å². The van der Waals surface area contributed by atoms with Crippen molar-refractivity contribution in [3.63, 3.8) is 0 Å². The molecule has 0 unspecified atom stereocenters. The molecule has 8 heteroatoms. The SMILES string of the molecule is COCCONC(=O)c1cccc(Cl)c1[N+](=O)[O-]. The minimum absolute atomic E-state index is 0.107. The minimum Gasteiger partial charge on any atom is -0.382 e. The number of hydrogen-bond acceptors (Lipinski definition) is 5. The van der Waals surface area contributed by atoms with E-state index >= 15 is 0 Å². The standard InChI is InChI=1S/C10H11ClN2O5/c1-17-5-6-18-12-10(14)7-3-2-4-8(11)9(7)13(15)16/h2-4H,5-6H2,1H3,(H,12,14). The molecule has 0 spiro atoms. The largest absolute Gasteiger partial charge is 0.382 e. The normalized spacial score (nSPS) is 10.1. The molecule has 1 rings (SSSR count). The molecule has 0 saturated heterocycles. The molecule has 7 nitrogen and oxygen atoms in total. The van der Waals surface area contributed by atoms with Crippen molar-refractivity contribution in [1.82, 2.24) is 5.48 Å². The van der Waals surface area contributed by atoms with Gasteiger partial charge in [0.1, 0.15) is 10.6 Å². The van der Waals surface area contributed by atoms with E-state index in [1.54, 1.807) is 0 Å². The first-order valence-corrected chi connectivity index (χ1v) is 5.29. The van der Waals surface area contributed by atoms with Gasteiger partial charge in [-0.05, 0) is 12.1 Å². The Balaban J connectivity index is 2.79. The van der Waals surface area contributed by atoms with Gasteiger partial charge in [-0.25, -0.2) is 5.48 Å². The number of ether oxygens (including phenoxy) is 1. The smallest absolute Gasteiger partial charge is 0.300 e. The number of rotatable bonds is 6. The third-order valence-electron chi connectivity index (χ3n) is 1.97.